The molecule has 0 fully saturated rings. The molecule has 0 saturated heterocycles. The fourth-order valence-corrected chi connectivity index (χ4v) is 1.96. The van der Waals surface area contributed by atoms with Crippen molar-refractivity contribution in [3.63, 3.8) is 0 Å². The summed E-state index contributed by atoms with van der Waals surface area (Å²) in [7, 11) is 0. The molecule has 0 spiro atoms. The highest BCUT2D eigenvalue weighted by molar-refractivity contribution is 9.10. The molecule has 0 unspecified atom stereocenters. The van der Waals surface area contributed by atoms with Crippen LogP contribution in [0.1, 0.15) is 15.9 Å². The van der Waals surface area contributed by atoms with Gasteiger partial charge in [0.15, 0.2) is 0 Å². The number of benzene rings is 2. The minimum absolute atomic E-state index is 0.0582. The van der Waals surface area contributed by atoms with Gasteiger partial charge in [-0.05, 0) is 35.9 Å². The average molecular weight is 346 g/mol. The Hall–Kier alpha value is -2.40. The Morgan fingerprint density at radius 2 is 1.71 bits per heavy atom. The van der Waals surface area contributed by atoms with E-state index >= 15 is 0 Å². The molecule has 2 N–H and O–H groups in total. The number of carbonyl (C=O) groups is 2. The molecule has 0 saturated carbocycles. The van der Waals surface area contributed by atoms with Crippen LogP contribution in [0.15, 0.2) is 59.1 Å². The summed E-state index contributed by atoms with van der Waals surface area (Å²) in [5.74, 6) is -1.46. The molecule has 5 heteroatoms. The van der Waals surface area contributed by atoms with Gasteiger partial charge in [-0.3, -0.25) is 4.79 Å². The Labute approximate surface area is 130 Å². The van der Waals surface area contributed by atoms with Crippen molar-refractivity contribution in [3.05, 3.63) is 70.2 Å². The van der Waals surface area contributed by atoms with E-state index in [4.69, 9.17) is 5.11 Å². The van der Waals surface area contributed by atoms with Crippen LogP contribution in [0, 0.1) is 0 Å². The van der Waals surface area contributed by atoms with Crippen LogP contribution in [0.2, 0.25) is 0 Å². The molecule has 2 aromatic rings. The number of aromatic carboxylic acids is 1. The van der Waals surface area contributed by atoms with Crippen LogP contribution in [0.25, 0.3) is 6.08 Å². The third kappa shape index (κ3) is 4.29. The number of carbonyl (C=O) groups excluding carboxylic acids is 1. The Morgan fingerprint density at radius 3 is 2.38 bits per heavy atom. The van der Waals surface area contributed by atoms with Crippen molar-refractivity contribution in [2.24, 2.45) is 0 Å². The maximum absolute atomic E-state index is 11.8. The van der Waals surface area contributed by atoms with Crippen molar-refractivity contribution in [2.45, 2.75) is 0 Å². The smallest absolute Gasteiger partial charge is 0.337 e. The first-order chi connectivity index (χ1) is 10.1. The fourth-order valence-electron chi connectivity index (χ4n) is 1.70. The first kappa shape index (κ1) is 15.0. The molecule has 2 rings (SSSR count). The first-order valence-electron chi connectivity index (χ1n) is 6.13. The van der Waals surface area contributed by atoms with Gasteiger partial charge in [-0.1, -0.05) is 40.2 Å². The van der Waals surface area contributed by atoms with Crippen molar-refractivity contribution in [1.29, 1.82) is 0 Å². The summed E-state index contributed by atoms with van der Waals surface area (Å²) >= 11 is 3.33. The maximum atomic E-state index is 11.8. The van der Waals surface area contributed by atoms with Gasteiger partial charge in [-0.2, -0.15) is 0 Å². The summed E-state index contributed by atoms with van der Waals surface area (Å²) < 4.78 is 0.958. The Balaban J connectivity index is 2.08. The SMILES string of the molecule is O=C(C=Cc1ccc(Br)cc1)Nc1ccccc1C(=O)O. The third-order valence-corrected chi connectivity index (χ3v) is 3.24. The summed E-state index contributed by atoms with van der Waals surface area (Å²) in [6.07, 6.45) is 3.02. The number of hydrogen-bond donors (Lipinski definition) is 2. The number of carboxylic acid groups (broad SMARTS) is 1. The molecule has 0 aliphatic carbocycles. The van der Waals surface area contributed by atoms with Crippen LogP contribution in [-0.4, -0.2) is 17.0 Å². The maximum Gasteiger partial charge on any atom is 0.337 e. The highest BCUT2D eigenvalue weighted by Gasteiger charge is 2.09. The normalized spacial score (nSPS) is 10.5. The standard InChI is InChI=1S/C16H12BrNO3/c17-12-8-5-11(6-9-12)7-10-15(19)18-14-4-2-1-3-13(14)16(20)21/h1-10H,(H,18,19)(H,20,21). The quantitative estimate of drug-likeness (QED) is 0.828. The number of halogens is 1. The summed E-state index contributed by atoms with van der Waals surface area (Å²) in [6.45, 7) is 0. The van der Waals surface area contributed by atoms with Gasteiger partial charge in [0.1, 0.15) is 0 Å². The van der Waals surface area contributed by atoms with Crippen molar-refractivity contribution < 1.29 is 14.7 Å². The monoisotopic (exact) mass is 345 g/mol. The molecule has 0 heterocycles. The van der Waals surface area contributed by atoms with Gasteiger partial charge in [0.2, 0.25) is 5.91 Å². The molecule has 0 aliphatic heterocycles. The summed E-state index contributed by atoms with van der Waals surface area (Å²) in [6, 6.07) is 13.7. The van der Waals surface area contributed by atoms with Crippen molar-refractivity contribution in [3.8, 4) is 0 Å². The van der Waals surface area contributed by atoms with Crippen LogP contribution in [0.4, 0.5) is 5.69 Å². The Bertz CT molecular complexity index is 693. The molecule has 2 aromatic carbocycles. The van der Waals surface area contributed by atoms with Gasteiger partial charge in [0.25, 0.3) is 0 Å². The molecular weight excluding hydrogens is 334 g/mol. The van der Waals surface area contributed by atoms with Crippen LogP contribution >= 0.6 is 15.9 Å². The summed E-state index contributed by atoms with van der Waals surface area (Å²) in [5, 5.41) is 11.6. The van der Waals surface area contributed by atoms with Crippen LogP contribution in [0.5, 0.6) is 0 Å². The van der Waals surface area contributed by atoms with Gasteiger partial charge < -0.3 is 10.4 Å². The van der Waals surface area contributed by atoms with Gasteiger partial charge in [0, 0.05) is 10.5 Å². The molecule has 1 amide bonds. The van der Waals surface area contributed by atoms with Gasteiger partial charge in [-0.15, -0.1) is 0 Å². The number of rotatable bonds is 4. The predicted octanol–water partition coefficient (Wildman–Crippen LogP) is 3.80. The van der Waals surface area contributed by atoms with E-state index in [-0.39, 0.29) is 17.2 Å². The van der Waals surface area contributed by atoms with E-state index in [9.17, 15) is 9.59 Å². The number of carboxylic acids is 1. The predicted molar refractivity (Wildman–Crippen MR) is 85.2 cm³/mol. The molecule has 0 aromatic heterocycles. The highest BCUT2D eigenvalue weighted by Crippen LogP contribution is 2.15. The fraction of sp³-hybridized carbons (Fsp3) is 0. The minimum atomic E-state index is -1.08. The van der Waals surface area contributed by atoms with Crippen molar-refractivity contribution in [2.75, 3.05) is 5.32 Å². The number of nitrogens with one attached hydrogen (secondary N) is 1. The van der Waals surface area contributed by atoms with Crippen LogP contribution < -0.4 is 5.32 Å². The minimum Gasteiger partial charge on any atom is -0.478 e. The number of anilines is 1. The topological polar surface area (TPSA) is 66.4 Å². The third-order valence-electron chi connectivity index (χ3n) is 2.71. The molecular formula is C16H12BrNO3. The average Bonchev–Trinajstić information content (AvgIpc) is 2.47. The lowest BCUT2D eigenvalue weighted by Crippen LogP contribution is -2.11. The molecule has 4 nitrogen and oxygen atoms in total. The Kier molecular flexibility index (Phi) is 4.90. The van der Waals surface area contributed by atoms with Crippen LogP contribution in [-0.2, 0) is 4.79 Å². The lowest BCUT2D eigenvalue weighted by molar-refractivity contribution is -0.111. The number of hydrogen-bond acceptors (Lipinski definition) is 2. The summed E-state index contributed by atoms with van der Waals surface area (Å²) in [5.41, 5.74) is 1.21. The van der Waals surface area contributed by atoms with E-state index in [0.717, 1.165) is 10.0 Å². The van der Waals surface area contributed by atoms with Gasteiger partial charge >= 0.3 is 5.97 Å². The van der Waals surface area contributed by atoms with Crippen LogP contribution in [0.3, 0.4) is 0 Å². The lowest BCUT2D eigenvalue weighted by Gasteiger charge is -2.05. The van der Waals surface area contributed by atoms with E-state index in [1.54, 1.807) is 24.3 Å². The first-order valence-corrected chi connectivity index (χ1v) is 6.92. The zero-order valence-electron chi connectivity index (χ0n) is 10.9. The second-order valence-corrected chi connectivity index (χ2v) is 5.14. The molecule has 106 valence electrons. The molecule has 0 bridgehead atoms. The number of para-hydroxylation sites is 1. The van der Waals surface area contributed by atoms with E-state index in [1.165, 1.54) is 12.1 Å². The molecule has 21 heavy (non-hydrogen) atoms. The van der Waals surface area contributed by atoms with E-state index in [1.807, 2.05) is 24.3 Å². The second kappa shape index (κ2) is 6.85. The molecule has 0 aliphatic rings. The summed E-state index contributed by atoms with van der Waals surface area (Å²) in [4.78, 5) is 22.9. The number of amides is 1. The van der Waals surface area contributed by atoms with Crippen molar-refractivity contribution >= 4 is 39.6 Å². The lowest BCUT2D eigenvalue weighted by atomic mass is 10.1. The highest BCUT2D eigenvalue weighted by atomic mass is 79.9. The zero-order valence-corrected chi connectivity index (χ0v) is 12.5. The van der Waals surface area contributed by atoms with E-state index < -0.39 is 5.97 Å². The zero-order chi connectivity index (χ0) is 15.2. The Morgan fingerprint density at radius 1 is 1.05 bits per heavy atom. The molecule has 0 atom stereocenters. The van der Waals surface area contributed by atoms with Gasteiger partial charge in [0.05, 0.1) is 11.3 Å². The largest absolute Gasteiger partial charge is 0.478 e. The molecule has 0 radical (unpaired) electrons. The van der Waals surface area contributed by atoms with Crippen molar-refractivity contribution in [1.82, 2.24) is 0 Å². The van der Waals surface area contributed by atoms with E-state index in [0.29, 0.717) is 0 Å². The van der Waals surface area contributed by atoms with E-state index in [2.05, 4.69) is 21.2 Å². The van der Waals surface area contributed by atoms with Gasteiger partial charge in [-0.25, -0.2) is 4.79 Å². The second-order valence-electron chi connectivity index (χ2n) is 4.22.